The fraction of sp³-hybridized carbons (Fsp3) is 0.200. The fourth-order valence-electron chi connectivity index (χ4n) is 1.88. The third-order valence-corrected chi connectivity index (χ3v) is 3.55. The summed E-state index contributed by atoms with van der Waals surface area (Å²) in [6.07, 6.45) is 0.0486. The number of hydrogen-bond donors (Lipinski definition) is 1. The van der Waals surface area contributed by atoms with Gasteiger partial charge >= 0.3 is 0 Å². The lowest BCUT2D eigenvalue weighted by Gasteiger charge is -2.13. The Morgan fingerprint density at radius 2 is 1.94 bits per heavy atom. The molecule has 0 aliphatic heterocycles. The molecule has 0 heterocycles. The largest absolute Gasteiger partial charge is 0.497 e. The van der Waals surface area contributed by atoms with Crippen molar-refractivity contribution >= 4 is 15.9 Å². The Bertz CT molecular complexity index is 525. The Morgan fingerprint density at radius 3 is 2.67 bits per heavy atom. The molecule has 3 heteroatoms. The number of aliphatic hydroxyl groups excluding tert-OH is 1. The first-order valence-corrected chi connectivity index (χ1v) is 6.55. The molecule has 2 rings (SSSR count). The van der Waals surface area contributed by atoms with E-state index in [1.165, 1.54) is 0 Å². The smallest absolute Gasteiger partial charge is 0.119 e. The molecule has 1 unspecified atom stereocenters. The van der Waals surface area contributed by atoms with Crippen LogP contribution in [0.3, 0.4) is 0 Å². The monoisotopic (exact) mass is 306 g/mol. The molecule has 0 radical (unpaired) electrons. The summed E-state index contributed by atoms with van der Waals surface area (Å²) in [6, 6.07) is 15.5. The predicted molar refractivity (Wildman–Crippen MR) is 75.8 cm³/mol. The van der Waals surface area contributed by atoms with Crippen molar-refractivity contribution in [1.82, 2.24) is 0 Å². The first kappa shape index (κ1) is 13.1. The highest BCUT2D eigenvalue weighted by molar-refractivity contribution is 9.10. The maximum atomic E-state index is 10.2. The molecule has 2 nitrogen and oxygen atoms in total. The number of ether oxygens (including phenoxy) is 1. The van der Waals surface area contributed by atoms with E-state index in [0.717, 1.165) is 21.3 Å². The van der Waals surface area contributed by atoms with Crippen LogP contribution in [0.4, 0.5) is 0 Å². The molecule has 2 aromatic carbocycles. The summed E-state index contributed by atoms with van der Waals surface area (Å²) >= 11 is 3.45. The van der Waals surface area contributed by atoms with Crippen LogP contribution in [-0.2, 0) is 6.42 Å². The molecule has 0 fully saturated rings. The van der Waals surface area contributed by atoms with Gasteiger partial charge in [0.15, 0.2) is 0 Å². The molecular formula is C15H15BrO2. The van der Waals surface area contributed by atoms with Gasteiger partial charge in [-0.2, -0.15) is 0 Å². The maximum Gasteiger partial charge on any atom is 0.119 e. The molecule has 0 saturated carbocycles. The molecular weight excluding hydrogens is 292 g/mol. The van der Waals surface area contributed by atoms with Crippen LogP contribution in [0.15, 0.2) is 53.0 Å². The van der Waals surface area contributed by atoms with Gasteiger partial charge in [-0.1, -0.05) is 46.3 Å². The SMILES string of the molecule is COc1cccc(CC(O)c2ccccc2Br)c1. The Morgan fingerprint density at radius 1 is 1.17 bits per heavy atom. The van der Waals surface area contributed by atoms with Crippen LogP contribution in [-0.4, -0.2) is 12.2 Å². The number of hydrogen-bond acceptors (Lipinski definition) is 2. The number of benzene rings is 2. The number of aliphatic hydroxyl groups is 1. The van der Waals surface area contributed by atoms with Crippen molar-refractivity contribution in [3.8, 4) is 5.75 Å². The van der Waals surface area contributed by atoms with E-state index in [1.807, 2.05) is 48.5 Å². The molecule has 0 bridgehead atoms. The molecule has 94 valence electrons. The van der Waals surface area contributed by atoms with E-state index in [9.17, 15) is 5.11 Å². The average molecular weight is 307 g/mol. The summed E-state index contributed by atoms with van der Waals surface area (Å²) in [6.45, 7) is 0. The van der Waals surface area contributed by atoms with E-state index in [2.05, 4.69) is 15.9 Å². The second-order valence-electron chi connectivity index (χ2n) is 4.09. The lowest BCUT2D eigenvalue weighted by Crippen LogP contribution is -2.02. The quantitative estimate of drug-likeness (QED) is 0.932. The summed E-state index contributed by atoms with van der Waals surface area (Å²) in [7, 11) is 1.64. The molecule has 1 N–H and O–H groups in total. The van der Waals surface area contributed by atoms with Crippen LogP contribution in [0, 0.1) is 0 Å². The van der Waals surface area contributed by atoms with Crippen molar-refractivity contribution in [2.75, 3.05) is 7.11 Å². The Labute approximate surface area is 115 Å². The second kappa shape index (κ2) is 6.03. The standard InChI is InChI=1S/C15H15BrO2/c1-18-12-6-4-5-11(9-12)10-15(17)13-7-2-3-8-14(13)16/h2-9,15,17H,10H2,1H3. The zero-order valence-corrected chi connectivity index (χ0v) is 11.7. The lowest BCUT2D eigenvalue weighted by molar-refractivity contribution is 0.177. The molecule has 1 atom stereocenters. The van der Waals surface area contributed by atoms with E-state index < -0.39 is 6.10 Å². The minimum atomic E-state index is -0.521. The van der Waals surface area contributed by atoms with Crippen LogP contribution < -0.4 is 4.74 Å². The second-order valence-corrected chi connectivity index (χ2v) is 4.95. The molecule has 18 heavy (non-hydrogen) atoms. The van der Waals surface area contributed by atoms with Crippen LogP contribution in [0.5, 0.6) is 5.75 Å². The first-order valence-electron chi connectivity index (χ1n) is 5.76. The zero-order chi connectivity index (χ0) is 13.0. The number of halogens is 1. The van der Waals surface area contributed by atoms with Gasteiger partial charge in [0.2, 0.25) is 0 Å². The molecule has 0 spiro atoms. The Kier molecular flexibility index (Phi) is 4.39. The van der Waals surface area contributed by atoms with E-state index in [-0.39, 0.29) is 0 Å². The highest BCUT2D eigenvalue weighted by Crippen LogP contribution is 2.26. The van der Waals surface area contributed by atoms with Crippen LogP contribution in [0.25, 0.3) is 0 Å². The minimum absolute atomic E-state index is 0.521. The van der Waals surface area contributed by atoms with Gasteiger partial charge in [0.25, 0.3) is 0 Å². The molecule has 0 aromatic heterocycles. The average Bonchev–Trinajstić information content (AvgIpc) is 2.39. The third-order valence-electron chi connectivity index (χ3n) is 2.83. The van der Waals surface area contributed by atoms with Gasteiger partial charge < -0.3 is 9.84 Å². The van der Waals surface area contributed by atoms with Crippen molar-refractivity contribution in [3.63, 3.8) is 0 Å². The molecule has 0 aliphatic carbocycles. The predicted octanol–water partition coefficient (Wildman–Crippen LogP) is 3.73. The normalized spacial score (nSPS) is 12.2. The van der Waals surface area contributed by atoms with Crippen molar-refractivity contribution in [2.24, 2.45) is 0 Å². The topological polar surface area (TPSA) is 29.5 Å². The summed E-state index contributed by atoms with van der Waals surface area (Å²) in [5.41, 5.74) is 1.96. The van der Waals surface area contributed by atoms with E-state index >= 15 is 0 Å². The van der Waals surface area contributed by atoms with E-state index in [1.54, 1.807) is 7.11 Å². The summed E-state index contributed by atoms with van der Waals surface area (Å²) in [4.78, 5) is 0. The maximum absolute atomic E-state index is 10.2. The Hall–Kier alpha value is -1.32. The van der Waals surface area contributed by atoms with Gasteiger partial charge in [-0.05, 0) is 29.3 Å². The van der Waals surface area contributed by atoms with Gasteiger partial charge in [-0.15, -0.1) is 0 Å². The van der Waals surface area contributed by atoms with Gasteiger partial charge in [0, 0.05) is 10.9 Å². The van der Waals surface area contributed by atoms with Crippen LogP contribution in [0.1, 0.15) is 17.2 Å². The van der Waals surface area contributed by atoms with Gasteiger partial charge in [-0.25, -0.2) is 0 Å². The van der Waals surface area contributed by atoms with Gasteiger partial charge in [-0.3, -0.25) is 0 Å². The van der Waals surface area contributed by atoms with Crippen LogP contribution in [0.2, 0.25) is 0 Å². The molecule has 2 aromatic rings. The van der Waals surface area contributed by atoms with E-state index in [0.29, 0.717) is 6.42 Å². The Balaban J connectivity index is 2.16. The minimum Gasteiger partial charge on any atom is -0.497 e. The lowest BCUT2D eigenvalue weighted by atomic mass is 10.0. The highest BCUT2D eigenvalue weighted by atomic mass is 79.9. The van der Waals surface area contributed by atoms with Gasteiger partial charge in [0.05, 0.1) is 13.2 Å². The first-order chi connectivity index (χ1) is 8.70. The van der Waals surface area contributed by atoms with Crippen molar-refractivity contribution in [3.05, 3.63) is 64.1 Å². The summed E-state index contributed by atoms with van der Waals surface area (Å²) < 4.78 is 6.11. The van der Waals surface area contributed by atoms with Crippen molar-refractivity contribution in [2.45, 2.75) is 12.5 Å². The van der Waals surface area contributed by atoms with Crippen molar-refractivity contribution in [1.29, 1.82) is 0 Å². The summed E-state index contributed by atoms with van der Waals surface area (Å²) in [5.74, 6) is 0.812. The number of methoxy groups -OCH3 is 1. The highest BCUT2D eigenvalue weighted by Gasteiger charge is 2.11. The molecule has 0 saturated heterocycles. The summed E-state index contributed by atoms with van der Waals surface area (Å²) in [5, 5.41) is 10.2. The van der Waals surface area contributed by atoms with Gasteiger partial charge in [0.1, 0.15) is 5.75 Å². The van der Waals surface area contributed by atoms with Crippen LogP contribution >= 0.6 is 15.9 Å². The number of rotatable bonds is 4. The van der Waals surface area contributed by atoms with Crippen molar-refractivity contribution < 1.29 is 9.84 Å². The van der Waals surface area contributed by atoms with E-state index in [4.69, 9.17) is 4.74 Å². The molecule has 0 aliphatic rings. The third kappa shape index (κ3) is 3.12. The zero-order valence-electron chi connectivity index (χ0n) is 10.1. The fourth-order valence-corrected chi connectivity index (χ4v) is 2.43. The molecule has 0 amide bonds.